The van der Waals surface area contributed by atoms with Crippen LogP contribution in [0.3, 0.4) is 0 Å². The minimum absolute atomic E-state index is 0.363. The highest BCUT2D eigenvalue weighted by atomic mass is 19.1. The number of aromatic amines is 2. The molecule has 3 N–H and O–H groups in total. The van der Waals surface area contributed by atoms with Gasteiger partial charge in [0.1, 0.15) is 23.9 Å². The van der Waals surface area contributed by atoms with Gasteiger partial charge in [-0.25, -0.2) is 4.39 Å². The van der Waals surface area contributed by atoms with Gasteiger partial charge >= 0.3 is 0 Å². The molecule has 0 aliphatic carbocycles. The van der Waals surface area contributed by atoms with Crippen LogP contribution in [0.15, 0.2) is 54.9 Å². The summed E-state index contributed by atoms with van der Waals surface area (Å²) in [5.74, 6) is 0.120. The Kier molecular flexibility index (Phi) is 6.15. The summed E-state index contributed by atoms with van der Waals surface area (Å²) in [5, 5.41) is 12.9. The second-order valence-corrected chi connectivity index (χ2v) is 9.50. The Morgan fingerprint density at radius 3 is 2.76 bits per heavy atom. The van der Waals surface area contributed by atoms with Gasteiger partial charge in [0, 0.05) is 47.2 Å². The lowest BCUT2D eigenvalue weighted by molar-refractivity contribution is 0.260. The third kappa shape index (κ3) is 4.71. The van der Waals surface area contributed by atoms with E-state index in [-0.39, 0.29) is 5.82 Å². The van der Waals surface area contributed by atoms with Gasteiger partial charge in [0.2, 0.25) is 0 Å². The average Bonchev–Trinajstić information content (AvgIpc) is 3.52. The first-order valence-electron chi connectivity index (χ1n) is 12.4. The standard InChI is InChI=1S/C28H28FN7O/c1-36(2)9-10-37-20-12-18(11-19(29)13-20)27-21-15-25(33-23(21)5-8-31-27)28-22-14-24(17-3-6-30-7-4-17)32-16-26(22)34-35-28/h3,5,8,11-16,30,33H,4,6-7,9-10H2,1-2H3,(H,34,35). The molecule has 0 unspecified atom stereocenters. The van der Waals surface area contributed by atoms with Gasteiger partial charge in [0.05, 0.1) is 28.8 Å². The molecule has 188 valence electrons. The molecule has 0 atom stereocenters. The van der Waals surface area contributed by atoms with Crippen molar-refractivity contribution in [2.75, 3.05) is 40.3 Å². The zero-order valence-electron chi connectivity index (χ0n) is 20.8. The topological polar surface area (TPSA) is 94.8 Å². The first kappa shape index (κ1) is 23.3. The predicted octanol–water partition coefficient (Wildman–Crippen LogP) is 4.62. The maximum absolute atomic E-state index is 14.5. The fourth-order valence-corrected chi connectivity index (χ4v) is 4.69. The van der Waals surface area contributed by atoms with Gasteiger partial charge < -0.3 is 19.9 Å². The van der Waals surface area contributed by atoms with Gasteiger partial charge in [-0.1, -0.05) is 6.08 Å². The number of rotatable bonds is 7. The van der Waals surface area contributed by atoms with Crippen LogP contribution in [0.1, 0.15) is 12.1 Å². The molecule has 0 spiro atoms. The van der Waals surface area contributed by atoms with Crippen LogP contribution in [0.25, 0.3) is 50.0 Å². The number of benzene rings is 1. The zero-order valence-corrected chi connectivity index (χ0v) is 20.8. The lowest BCUT2D eigenvalue weighted by atomic mass is 10.0. The van der Waals surface area contributed by atoms with Crippen molar-refractivity contribution in [2.24, 2.45) is 0 Å². The summed E-state index contributed by atoms with van der Waals surface area (Å²) in [7, 11) is 3.94. The monoisotopic (exact) mass is 497 g/mol. The quantitative estimate of drug-likeness (QED) is 0.304. The molecule has 6 rings (SSSR count). The number of hydrogen-bond acceptors (Lipinski definition) is 6. The summed E-state index contributed by atoms with van der Waals surface area (Å²) >= 11 is 0. The zero-order chi connectivity index (χ0) is 25.4. The van der Waals surface area contributed by atoms with Crippen molar-refractivity contribution in [3.63, 3.8) is 0 Å². The van der Waals surface area contributed by atoms with Gasteiger partial charge in [-0.2, -0.15) is 5.10 Å². The molecular weight excluding hydrogens is 469 g/mol. The number of fused-ring (bicyclic) bond motifs is 2. The second kappa shape index (κ2) is 9.76. The molecule has 0 saturated heterocycles. The van der Waals surface area contributed by atoms with E-state index in [2.05, 4.69) is 42.6 Å². The molecular formula is C28H28FN7O. The van der Waals surface area contributed by atoms with Crippen LogP contribution in [-0.2, 0) is 0 Å². The molecule has 8 nitrogen and oxygen atoms in total. The van der Waals surface area contributed by atoms with Gasteiger partial charge in [-0.05, 0) is 63.0 Å². The smallest absolute Gasteiger partial charge is 0.127 e. The molecule has 5 aromatic rings. The average molecular weight is 498 g/mol. The Balaban J connectivity index is 1.39. The molecule has 5 heterocycles. The minimum Gasteiger partial charge on any atom is -0.492 e. The van der Waals surface area contributed by atoms with Gasteiger partial charge in [0.25, 0.3) is 0 Å². The Bertz CT molecular complexity index is 1620. The van der Waals surface area contributed by atoms with E-state index in [4.69, 9.17) is 4.74 Å². The number of nitrogens with zero attached hydrogens (tertiary/aromatic N) is 4. The number of hydrogen-bond donors (Lipinski definition) is 3. The van der Waals surface area contributed by atoms with E-state index in [9.17, 15) is 4.39 Å². The van der Waals surface area contributed by atoms with Crippen molar-refractivity contribution in [1.82, 2.24) is 35.4 Å². The number of H-pyrrole nitrogens is 2. The van der Waals surface area contributed by atoms with Crippen molar-refractivity contribution < 1.29 is 9.13 Å². The Hall–Kier alpha value is -4.08. The maximum Gasteiger partial charge on any atom is 0.127 e. The minimum atomic E-state index is -0.363. The van der Waals surface area contributed by atoms with E-state index >= 15 is 0 Å². The first-order chi connectivity index (χ1) is 18.0. The van der Waals surface area contributed by atoms with Crippen LogP contribution in [0.2, 0.25) is 0 Å². The van der Waals surface area contributed by atoms with E-state index in [0.29, 0.717) is 23.6 Å². The van der Waals surface area contributed by atoms with Crippen LogP contribution < -0.4 is 10.1 Å². The molecule has 0 fully saturated rings. The van der Waals surface area contributed by atoms with E-state index < -0.39 is 0 Å². The SMILES string of the molecule is CN(C)CCOc1cc(F)cc(-c2nccc3[nH]c(-c4n[nH]c5cnc(C6=CCNCC6)cc45)cc23)c1. The fraction of sp³-hybridized carbons (Fsp3) is 0.250. The molecule has 0 amide bonds. The highest BCUT2D eigenvalue weighted by Gasteiger charge is 2.17. The van der Waals surface area contributed by atoms with Gasteiger partial charge in [-0.3, -0.25) is 15.1 Å². The third-order valence-electron chi connectivity index (χ3n) is 6.60. The lowest BCUT2D eigenvalue weighted by Gasteiger charge is -2.13. The number of aromatic nitrogens is 5. The molecule has 0 saturated carbocycles. The highest BCUT2D eigenvalue weighted by molar-refractivity contribution is 6.00. The molecule has 0 radical (unpaired) electrons. The van der Waals surface area contributed by atoms with Crippen molar-refractivity contribution in [3.8, 4) is 28.4 Å². The third-order valence-corrected chi connectivity index (χ3v) is 6.60. The van der Waals surface area contributed by atoms with Crippen molar-refractivity contribution in [2.45, 2.75) is 6.42 Å². The molecule has 1 aliphatic heterocycles. The highest BCUT2D eigenvalue weighted by Crippen LogP contribution is 2.35. The predicted molar refractivity (Wildman–Crippen MR) is 144 cm³/mol. The number of nitrogens with one attached hydrogen (secondary N) is 3. The summed E-state index contributed by atoms with van der Waals surface area (Å²) in [6.45, 7) is 3.01. The molecule has 1 aliphatic rings. The van der Waals surface area contributed by atoms with E-state index in [1.54, 1.807) is 6.20 Å². The van der Waals surface area contributed by atoms with E-state index in [1.807, 2.05) is 43.4 Å². The Labute approximate surface area is 213 Å². The van der Waals surface area contributed by atoms with Crippen molar-refractivity contribution in [3.05, 3.63) is 66.4 Å². The van der Waals surface area contributed by atoms with Crippen LogP contribution in [0.5, 0.6) is 5.75 Å². The summed E-state index contributed by atoms with van der Waals surface area (Å²) in [6.07, 6.45) is 6.70. The van der Waals surface area contributed by atoms with Gasteiger partial charge in [-0.15, -0.1) is 0 Å². The van der Waals surface area contributed by atoms with E-state index in [1.165, 1.54) is 17.7 Å². The number of likely N-dealkylation sites (N-methyl/N-ethyl adjacent to an activating group) is 1. The Morgan fingerprint density at radius 2 is 1.92 bits per heavy atom. The van der Waals surface area contributed by atoms with Crippen LogP contribution in [0.4, 0.5) is 4.39 Å². The Morgan fingerprint density at radius 1 is 1.03 bits per heavy atom. The molecule has 37 heavy (non-hydrogen) atoms. The first-order valence-corrected chi connectivity index (χ1v) is 12.4. The summed E-state index contributed by atoms with van der Waals surface area (Å²) in [4.78, 5) is 14.7. The van der Waals surface area contributed by atoms with Crippen molar-refractivity contribution >= 4 is 27.4 Å². The van der Waals surface area contributed by atoms with Gasteiger partial charge in [0.15, 0.2) is 0 Å². The maximum atomic E-state index is 14.5. The number of pyridine rings is 2. The van der Waals surface area contributed by atoms with E-state index in [0.717, 1.165) is 64.9 Å². The summed E-state index contributed by atoms with van der Waals surface area (Å²) in [5.41, 5.74) is 6.97. The molecule has 9 heteroatoms. The van der Waals surface area contributed by atoms with Crippen LogP contribution in [0, 0.1) is 5.82 Å². The number of ether oxygens (including phenoxy) is 1. The van der Waals surface area contributed by atoms with Crippen molar-refractivity contribution in [1.29, 1.82) is 0 Å². The van der Waals surface area contributed by atoms with Crippen LogP contribution >= 0.6 is 0 Å². The fourth-order valence-electron chi connectivity index (χ4n) is 4.69. The molecule has 0 bridgehead atoms. The normalized spacial score (nSPS) is 14.0. The molecule has 1 aromatic carbocycles. The number of halogens is 1. The summed E-state index contributed by atoms with van der Waals surface area (Å²) in [6, 6.07) is 10.8. The lowest BCUT2D eigenvalue weighted by Crippen LogP contribution is -2.20. The summed E-state index contributed by atoms with van der Waals surface area (Å²) < 4.78 is 20.3. The molecule has 4 aromatic heterocycles. The second-order valence-electron chi connectivity index (χ2n) is 9.50. The largest absolute Gasteiger partial charge is 0.492 e. The van der Waals surface area contributed by atoms with Crippen LogP contribution in [-0.4, -0.2) is 70.4 Å².